The number of carbonyl (C=O) groups excluding carboxylic acids is 3. The number of ether oxygens (including phenoxy) is 3. The van der Waals surface area contributed by atoms with Crippen LogP contribution in [0.5, 0.6) is 0 Å². The van der Waals surface area contributed by atoms with E-state index in [0.29, 0.717) is 32.9 Å². The number of rotatable bonds is 9. The molecule has 1 fully saturated rings. The van der Waals surface area contributed by atoms with Gasteiger partial charge in [-0.15, -0.1) is 0 Å². The Hall–Kier alpha value is -1.87. The quantitative estimate of drug-likeness (QED) is 0.333. The molecular weight excluding hydrogens is 368 g/mol. The molecule has 1 heterocycles. The Balaban J connectivity index is 2.77. The maximum absolute atomic E-state index is 12.9. The van der Waals surface area contributed by atoms with E-state index in [1.54, 1.807) is 4.90 Å². The SMILES string of the molecule is C=CCOC(=O)CC(C(=O)N1CCOCC1)N(C)C(=O)OCC[Si](C)(C)C. The zero-order valence-corrected chi connectivity index (χ0v) is 17.9. The lowest BCUT2D eigenvalue weighted by molar-refractivity contribution is -0.149. The van der Waals surface area contributed by atoms with Crippen LogP contribution in [0, 0.1) is 0 Å². The molecule has 0 radical (unpaired) electrons. The van der Waals surface area contributed by atoms with E-state index in [1.165, 1.54) is 18.0 Å². The number of nitrogens with zero attached hydrogens (tertiary/aromatic N) is 2. The predicted molar refractivity (Wildman–Crippen MR) is 104 cm³/mol. The number of carbonyl (C=O) groups is 3. The number of amides is 2. The average molecular weight is 401 g/mol. The van der Waals surface area contributed by atoms with E-state index in [4.69, 9.17) is 14.2 Å². The fourth-order valence-electron chi connectivity index (χ4n) is 2.43. The van der Waals surface area contributed by atoms with Gasteiger partial charge in [0.15, 0.2) is 0 Å². The second-order valence-corrected chi connectivity index (χ2v) is 13.3. The van der Waals surface area contributed by atoms with E-state index in [9.17, 15) is 14.4 Å². The minimum absolute atomic E-state index is 0.0572. The van der Waals surface area contributed by atoms with Crippen molar-refractivity contribution in [1.29, 1.82) is 0 Å². The van der Waals surface area contributed by atoms with E-state index in [-0.39, 0.29) is 18.9 Å². The first kappa shape index (κ1) is 23.2. The molecule has 8 nitrogen and oxygen atoms in total. The number of likely N-dealkylation sites (N-methyl/N-ethyl adjacent to an activating group) is 1. The summed E-state index contributed by atoms with van der Waals surface area (Å²) in [4.78, 5) is 40.1. The van der Waals surface area contributed by atoms with Crippen molar-refractivity contribution in [3.05, 3.63) is 12.7 Å². The van der Waals surface area contributed by atoms with Crippen molar-refractivity contribution in [1.82, 2.24) is 9.80 Å². The zero-order chi connectivity index (χ0) is 20.4. The van der Waals surface area contributed by atoms with Gasteiger partial charge in [0.25, 0.3) is 0 Å². The van der Waals surface area contributed by atoms with Crippen LogP contribution in [0.3, 0.4) is 0 Å². The second-order valence-electron chi connectivity index (χ2n) is 7.67. The highest BCUT2D eigenvalue weighted by Crippen LogP contribution is 2.13. The molecule has 0 aliphatic carbocycles. The van der Waals surface area contributed by atoms with Crippen molar-refractivity contribution in [2.75, 3.05) is 46.6 Å². The molecule has 0 saturated carbocycles. The van der Waals surface area contributed by atoms with Crippen molar-refractivity contribution in [2.45, 2.75) is 38.1 Å². The van der Waals surface area contributed by atoms with Crippen LogP contribution in [0.2, 0.25) is 25.7 Å². The Morgan fingerprint density at radius 1 is 1.22 bits per heavy atom. The highest BCUT2D eigenvalue weighted by atomic mass is 28.3. The molecule has 9 heteroatoms. The fourth-order valence-corrected chi connectivity index (χ4v) is 3.14. The smallest absolute Gasteiger partial charge is 0.410 e. The van der Waals surface area contributed by atoms with Gasteiger partial charge in [0, 0.05) is 28.2 Å². The molecule has 0 N–H and O–H groups in total. The van der Waals surface area contributed by atoms with E-state index >= 15 is 0 Å². The normalized spacial score (nSPS) is 15.6. The van der Waals surface area contributed by atoms with Crippen LogP contribution >= 0.6 is 0 Å². The van der Waals surface area contributed by atoms with Crippen LogP contribution in [0.15, 0.2) is 12.7 Å². The van der Waals surface area contributed by atoms with E-state index in [2.05, 4.69) is 26.2 Å². The monoisotopic (exact) mass is 400 g/mol. The molecular formula is C18H32N2O6Si. The summed E-state index contributed by atoms with van der Waals surface area (Å²) in [6, 6.07) is -0.143. The maximum Gasteiger partial charge on any atom is 0.410 e. The largest absolute Gasteiger partial charge is 0.461 e. The number of hydrogen-bond donors (Lipinski definition) is 0. The Bertz CT molecular complexity index is 528. The van der Waals surface area contributed by atoms with Gasteiger partial charge in [0.1, 0.15) is 12.6 Å². The van der Waals surface area contributed by atoms with Crippen molar-refractivity contribution in [3.8, 4) is 0 Å². The zero-order valence-electron chi connectivity index (χ0n) is 16.9. The van der Waals surface area contributed by atoms with Gasteiger partial charge in [0.05, 0.1) is 26.2 Å². The molecule has 1 unspecified atom stereocenters. The Kier molecular flexibility index (Phi) is 9.51. The van der Waals surface area contributed by atoms with Crippen molar-refractivity contribution in [3.63, 3.8) is 0 Å². The molecule has 0 bridgehead atoms. The van der Waals surface area contributed by atoms with E-state index < -0.39 is 26.2 Å². The summed E-state index contributed by atoms with van der Waals surface area (Å²) in [6.45, 7) is 12.1. The third kappa shape index (κ3) is 8.57. The summed E-state index contributed by atoms with van der Waals surface area (Å²) in [6.07, 6.45) is 0.603. The third-order valence-corrected chi connectivity index (χ3v) is 5.87. The molecule has 2 amide bonds. The molecule has 1 aliphatic rings. The summed E-state index contributed by atoms with van der Waals surface area (Å²) < 4.78 is 15.6. The van der Waals surface area contributed by atoms with E-state index in [1.807, 2.05) is 0 Å². The van der Waals surface area contributed by atoms with Crippen LogP contribution in [-0.2, 0) is 23.8 Å². The molecule has 154 valence electrons. The van der Waals surface area contributed by atoms with Crippen LogP contribution in [0.25, 0.3) is 0 Å². The van der Waals surface area contributed by atoms with Crippen LogP contribution in [-0.4, -0.2) is 88.4 Å². The molecule has 1 atom stereocenters. The van der Waals surface area contributed by atoms with Gasteiger partial charge in [-0.1, -0.05) is 32.3 Å². The Labute approximate surface area is 162 Å². The van der Waals surface area contributed by atoms with Gasteiger partial charge in [-0.3, -0.25) is 14.5 Å². The predicted octanol–water partition coefficient (Wildman–Crippen LogP) is 1.74. The molecule has 27 heavy (non-hydrogen) atoms. The topological polar surface area (TPSA) is 85.4 Å². The molecule has 0 aromatic rings. The standard InChI is InChI=1S/C18H32N2O6Si/c1-6-9-25-16(21)14-15(17(22)20-7-10-24-11-8-20)19(2)18(23)26-12-13-27(3,4)5/h6,15H,1,7-14H2,2-5H3. The first-order valence-electron chi connectivity index (χ1n) is 9.18. The summed E-state index contributed by atoms with van der Waals surface area (Å²) in [5.74, 6) is -0.873. The third-order valence-electron chi connectivity index (χ3n) is 4.16. The van der Waals surface area contributed by atoms with Crippen molar-refractivity contribution < 1.29 is 28.6 Å². The van der Waals surface area contributed by atoms with Gasteiger partial charge < -0.3 is 19.1 Å². The fraction of sp³-hybridized carbons (Fsp3) is 0.722. The highest BCUT2D eigenvalue weighted by molar-refractivity contribution is 6.76. The lowest BCUT2D eigenvalue weighted by atomic mass is 10.1. The van der Waals surface area contributed by atoms with Crippen molar-refractivity contribution in [2.24, 2.45) is 0 Å². The highest BCUT2D eigenvalue weighted by Gasteiger charge is 2.34. The average Bonchev–Trinajstić information content (AvgIpc) is 2.62. The molecule has 1 saturated heterocycles. The maximum atomic E-state index is 12.9. The Morgan fingerprint density at radius 2 is 1.85 bits per heavy atom. The first-order valence-corrected chi connectivity index (χ1v) is 12.9. The second kappa shape index (κ2) is 11.1. The first-order chi connectivity index (χ1) is 12.7. The summed E-state index contributed by atoms with van der Waals surface area (Å²) in [5, 5.41) is 0. The van der Waals surface area contributed by atoms with Gasteiger partial charge in [-0.25, -0.2) is 4.79 Å². The molecule has 1 aliphatic heterocycles. The number of morpholine rings is 1. The van der Waals surface area contributed by atoms with Gasteiger partial charge in [0.2, 0.25) is 5.91 Å². The minimum atomic E-state index is -1.34. The summed E-state index contributed by atoms with van der Waals surface area (Å²) in [7, 11) is 0.129. The number of hydrogen-bond acceptors (Lipinski definition) is 6. The molecule has 0 aromatic carbocycles. The molecule has 1 rings (SSSR count). The summed E-state index contributed by atoms with van der Waals surface area (Å²) >= 11 is 0. The molecule has 0 aromatic heterocycles. The van der Waals surface area contributed by atoms with Crippen molar-refractivity contribution >= 4 is 26.0 Å². The van der Waals surface area contributed by atoms with Gasteiger partial charge in [-0.05, 0) is 6.04 Å². The minimum Gasteiger partial charge on any atom is -0.461 e. The van der Waals surface area contributed by atoms with Crippen LogP contribution in [0.4, 0.5) is 4.79 Å². The van der Waals surface area contributed by atoms with Gasteiger partial charge >= 0.3 is 12.1 Å². The number of esters is 1. The lowest BCUT2D eigenvalue weighted by Crippen LogP contribution is -2.53. The van der Waals surface area contributed by atoms with Crippen LogP contribution in [0.1, 0.15) is 6.42 Å². The van der Waals surface area contributed by atoms with Gasteiger partial charge in [-0.2, -0.15) is 0 Å². The molecule has 0 spiro atoms. The lowest BCUT2D eigenvalue weighted by Gasteiger charge is -2.33. The summed E-state index contributed by atoms with van der Waals surface area (Å²) in [5.41, 5.74) is 0. The van der Waals surface area contributed by atoms with Crippen LogP contribution < -0.4 is 0 Å². The van der Waals surface area contributed by atoms with E-state index in [0.717, 1.165) is 6.04 Å². The Morgan fingerprint density at radius 3 is 2.41 bits per heavy atom.